The van der Waals surface area contributed by atoms with Gasteiger partial charge >= 0.3 is 0 Å². The predicted octanol–water partition coefficient (Wildman–Crippen LogP) is 2.75. The van der Waals surface area contributed by atoms with Gasteiger partial charge in [-0.05, 0) is 57.6 Å². The molecule has 1 aliphatic heterocycles. The van der Waals surface area contributed by atoms with Gasteiger partial charge in [-0.1, -0.05) is 13.3 Å². The van der Waals surface area contributed by atoms with Crippen LogP contribution in [0.5, 0.6) is 0 Å². The molecule has 1 N–H and O–H groups in total. The topological polar surface area (TPSA) is 29.9 Å². The van der Waals surface area contributed by atoms with Crippen LogP contribution in [0.25, 0.3) is 0 Å². The van der Waals surface area contributed by atoms with E-state index in [0.717, 1.165) is 5.92 Å². The van der Waals surface area contributed by atoms with E-state index in [1.807, 2.05) is 11.7 Å². The Morgan fingerprint density at radius 2 is 2.17 bits per heavy atom. The molecule has 0 aromatic carbocycles. The zero-order valence-corrected chi connectivity index (χ0v) is 12.3. The molecule has 1 aromatic rings. The lowest BCUT2D eigenvalue weighted by atomic mass is 9.88. The molecule has 2 atom stereocenters. The van der Waals surface area contributed by atoms with Gasteiger partial charge in [-0.25, -0.2) is 0 Å². The van der Waals surface area contributed by atoms with Crippen molar-refractivity contribution >= 4 is 0 Å². The summed E-state index contributed by atoms with van der Waals surface area (Å²) in [6.07, 6.45) is 6.47. The number of aromatic nitrogens is 2. The number of piperidine rings is 1. The molecule has 2 rings (SSSR count). The maximum atomic E-state index is 4.50. The third-order valence-corrected chi connectivity index (χ3v) is 4.58. The predicted molar refractivity (Wildman–Crippen MR) is 75.8 cm³/mol. The van der Waals surface area contributed by atoms with Crippen LogP contribution in [0, 0.1) is 19.8 Å². The zero-order valence-electron chi connectivity index (χ0n) is 12.3. The van der Waals surface area contributed by atoms with Crippen LogP contribution in [0.15, 0.2) is 0 Å². The summed E-state index contributed by atoms with van der Waals surface area (Å²) in [6.45, 7) is 7.83. The van der Waals surface area contributed by atoms with Crippen LogP contribution in [-0.4, -0.2) is 22.4 Å². The smallest absolute Gasteiger partial charge is 0.0628 e. The minimum absolute atomic E-state index is 0.711. The third-order valence-electron chi connectivity index (χ3n) is 4.58. The first-order valence-corrected chi connectivity index (χ1v) is 7.34. The second-order valence-electron chi connectivity index (χ2n) is 5.76. The normalized spacial score (nSPS) is 24.4. The number of hydrogen-bond acceptors (Lipinski definition) is 2. The Hall–Kier alpha value is -0.830. The van der Waals surface area contributed by atoms with Gasteiger partial charge in [0.05, 0.1) is 5.69 Å². The van der Waals surface area contributed by atoms with E-state index in [2.05, 4.69) is 31.2 Å². The Labute approximate surface area is 111 Å². The highest BCUT2D eigenvalue weighted by Gasteiger charge is 2.20. The number of hydrogen-bond donors (Lipinski definition) is 1. The van der Waals surface area contributed by atoms with Crippen LogP contribution < -0.4 is 5.32 Å². The quantitative estimate of drug-likeness (QED) is 0.889. The standard InChI is InChI=1S/C15H27N3/c1-5-13-8-9-16-14(10-13)6-7-15-11(2)17-18(4)12(15)3/h13-14,16H,5-10H2,1-4H3. The Bertz CT molecular complexity index is 395. The summed E-state index contributed by atoms with van der Waals surface area (Å²) >= 11 is 0. The van der Waals surface area contributed by atoms with E-state index in [0.29, 0.717) is 6.04 Å². The molecule has 0 radical (unpaired) electrons. The van der Waals surface area contributed by atoms with E-state index in [-0.39, 0.29) is 0 Å². The van der Waals surface area contributed by atoms with Gasteiger partial charge in [0, 0.05) is 18.8 Å². The molecule has 1 saturated heterocycles. The van der Waals surface area contributed by atoms with Crippen molar-refractivity contribution < 1.29 is 0 Å². The zero-order chi connectivity index (χ0) is 13.1. The van der Waals surface area contributed by atoms with Gasteiger partial charge in [0.15, 0.2) is 0 Å². The molecule has 3 nitrogen and oxygen atoms in total. The molecule has 2 unspecified atom stereocenters. The molecule has 3 heteroatoms. The molecule has 0 aliphatic carbocycles. The number of rotatable bonds is 4. The average Bonchev–Trinajstić information content (AvgIpc) is 2.61. The Morgan fingerprint density at radius 1 is 1.39 bits per heavy atom. The highest BCUT2D eigenvalue weighted by molar-refractivity contribution is 5.24. The summed E-state index contributed by atoms with van der Waals surface area (Å²) in [5.74, 6) is 0.937. The molecule has 18 heavy (non-hydrogen) atoms. The lowest BCUT2D eigenvalue weighted by Crippen LogP contribution is -2.38. The molecular weight excluding hydrogens is 222 g/mol. The van der Waals surface area contributed by atoms with Crippen molar-refractivity contribution in [2.24, 2.45) is 13.0 Å². The van der Waals surface area contributed by atoms with Crippen molar-refractivity contribution in [1.82, 2.24) is 15.1 Å². The van der Waals surface area contributed by atoms with Crippen LogP contribution in [-0.2, 0) is 13.5 Å². The molecule has 102 valence electrons. The second kappa shape index (κ2) is 5.87. The fourth-order valence-electron chi connectivity index (χ4n) is 3.18. The van der Waals surface area contributed by atoms with E-state index in [1.165, 1.54) is 55.6 Å². The molecule has 1 aromatic heterocycles. The summed E-state index contributed by atoms with van der Waals surface area (Å²) in [5.41, 5.74) is 3.99. The van der Waals surface area contributed by atoms with E-state index in [4.69, 9.17) is 0 Å². The summed E-state index contributed by atoms with van der Waals surface area (Å²) in [6, 6.07) is 0.711. The Kier molecular flexibility index (Phi) is 4.44. The summed E-state index contributed by atoms with van der Waals surface area (Å²) in [7, 11) is 2.04. The van der Waals surface area contributed by atoms with Gasteiger partial charge in [-0.3, -0.25) is 4.68 Å². The van der Waals surface area contributed by atoms with Crippen LogP contribution in [0.3, 0.4) is 0 Å². The molecule has 2 heterocycles. The summed E-state index contributed by atoms with van der Waals surface area (Å²) < 4.78 is 2.01. The van der Waals surface area contributed by atoms with Gasteiger partial charge in [-0.15, -0.1) is 0 Å². The number of nitrogens with one attached hydrogen (secondary N) is 1. The SMILES string of the molecule is CCC1CCNC(CCc2c(C)nn(C)c2C)C1. The minimum Gasteiger partial charge on any atom is -0.314 e. The molecular formula is C15H27N3. The van der Waals surface area contributed by atoms with Crippen molar-refractivity contribution in [1.29, 1.82) is 0 Å². The third kappa shape index (κ3) is 2.94. The van der Waals surface area contributed by atoms with Crippen LogP contribution in [0.4, 0.5) is 0 Å². The van der Waals surface area contributed by atoms with Gasteiger partial charge in [-0.2, -0.15) is 5.10 Å². The maximum Gasteiger partial charge on any atom is 0.0628 e. The fourth-order valence-corrected chi connectivity index (χ4v) is 3.18. The molecule has 1 fully saturated rings. The van der Waals surface area contributed by atoms with E-state index >= 15 is 0 Å². The monoisotopic (exact) mass is 249 g/mol. The lowest BCUT2D eigenvalue weighted by Gasteiger charge is -2.29. The van der Waals surface area contributed by atoms with Crippen molar-refractivity contribution in [2.45, 2.75) is 58.9 Å². The lowest BCUT2D eigenvalue weighted by molar-refractivity contribution is 0.285. The van der Waals surface area contributed by atoms with Gasteiger partial charge < -0.3 is 5.32 Å². The second-order valence-corrected chi connectivity index (χ2v) is 5.76. The Morgan fingerprint density at radius 3 is 2.78 bits per heavy atom. The van der Waals surface area contributed by atoms with Crippen LogP contribution in [0.2, 0.25) is 0 Å². The van der Waals surface area contributed by atoms with Crippen molar-refractivity contribution in [2.75, 3.05) is 6.54 Å². The van der Waals surface area contributed by atoms with Crippen molar-refractivity contribution in [3.63, 3.8) is 0 Å². The first-order chi connectivity index (χ1) is 8.61. The molecule has 0 amide bonds. The maximum absolute atomic E-state index is 4.50. The Balaban J connectivity index is 1.91. The number of aryl methyl sites for hydroxylation is 2. The van der Waals surface area contributed by atoms with Crippen molar-refractivity contribution in [3.8, 4) is 0 Å². The van der Waals surface area contributed by atoms with Crippen LogP contribution >= 0.6 is 0 Å². The van der Waals surface area contributed by atoms with Gasteiger partial charge in [0.2, 0.25) is 0 Å². The molecule has 0 spiro atoms. The minimum atomic E-state index is 0.711. The molecule has 0 bridgehead atoms. The average molecular weight is 249 g/mol. The summed E-state index contributed by atoms with van der Waals surface area (Å²) in [5, 5.41) is 8.17. The van der Waals surface area contributed by atoms with Gasteiger partial charge in [0.25, 0.3) is 0 Å². The van der Waals surface area contributed by atoms with E-state index in [1.54, 1.807) is 0 Å². The van der Waals surface area contributed by atoms with E-state index in [9.17, 15) is 0 Å². The van der Waals surface area contributed by atoms with Crippen LogP contribution in [0.1, 0.15) is 49.6 Å². The first kappa shape index (κ1) is 13.6. The number of nitrogens with zero attached hydrogens (tertiary/aromatic N) is 2. The molecule has 0 saturated carbocycles. The first-order valence-electron chi connectivity index (χ1n) is 7.34. The van der Waals surface area contributed by atoms with E-state index < -0.39 is 0 Å². The largest absolute Gasteiger partial charge is 0.314 e. The van der Waals surface area contributed by atoms with Gasteiger partial charge in [0.1, 0.15) is 0 Å². The highest BCUT2D eigenvalue weighted by Crippen LogP contribution is 2.23. The fraction of sp³-hybridized carbons (Fsp3) is 0.800. The summed E-state index contributed by atoms with van der Waals surface area (Å²) in [4.78, 5) is 0. The van der Waals surface area contributed by atoms with Crippen molar-refractivity contribution in [3.05, 3.63) is 17.0 Å². The highest BCUT2D eigenvalue weighted by atomic mass is 15.3. The molecule has 1 aliphatic rings.